The summed E-state index contributed by atoms with van der Waals surface area (Å²) in [6, 6.07) is 0. The van der Waals surface area contributed by atoms with E-state index >= 15 is 0 Å². The summed E-state index contributed by atoms with van der Waals surface area (Å²) in [5.74, 6) is -0.00275. The molecule has 6 nitrogen and oxygen atoms in total. The Bertz CT molecular complexity index is 828. The Balaban J connectivity index is 1.77. The van der Waals surface area contributed by atoms with E-state index in [1.807, 2.05) is 20.8 Å². The van der Waals surface area contributed by atoms with Crippen LogP contribution in [-0.2, 0) is 14.3 Å². The summed E-state index contributed by atoms with van der Waals surface area (Å²) in [6.45, 7) is 7.14. The first kappa shape index (κ1) is 21.7. The van der Waals surface area contributed by atoms with E-state index in [1.54, 1.807) is 12.2 Å². The number of rotatable bonds is 4. The number of fused-ring (bicyclic) bond motifs is 5. The minimum atomic E-state index is -1.61. The van der Waals surface area contributed by atoms with Gasteiger partial charge in [-0.2, -0.15) is 0 Å². The van der Waals surface area contributed by atoms with Gasteiger partial charge in [-0.05, 0) is 70.8 Å². The summed E-state index contributed by atoms with van der Waals surface area (Å²) in [7, 11) is 0. The summed E-state index contributed by atoms with van der Waals surface area (Å²) >= 11 is 0. The van der Waals surface area contributed by atoms with E-state index in [-0.39, 0.29) is 36.1 Å². The second-order valence-electron chi connectivity index (χ2n) is 10.5. The molecule has 6 heteroatoms. The molecule has 4 rings (SSSR count). The summed E-state index contributed by atoms with van der Waals surface area (Å²) in [6.07, 6.45) is 5.23. The predicted octanol–water partition coefficient (Wildman–Crippen LogP) is 2.31. The predicted molar refractivity (Wildman–Crippen MR) is 110 cm³/mol. The lowest BCUT2D eigenvalue weighted by Gasteiger charge is -2.60. The van der Waals surface area contributed by atoms with Crippen LogP contribution in [0.1, 0.15) is 59.8 Å². The zero-order valence-corrected chi connectivity index (χ0v) is 18.4. The highest BCUT2D eigenvalue weighted by molar-refractivity contribution is 6.01. The van der Waals surface area contributed by atoms with E-state index in [0.717, 1.165) is 18.4 Å². The average Bonchev–Trinajstić information content (AvgIpc) is 2.93. The molecular formula is C24H34O6. The number of Topliss-reactive ketones (excluding diaryl/α,β-unsaturated/α-hetero) is 1. The molecule has 0 spiro atoms. The van der Waals surface area contributed by atoms with E-state index in [0.29, 0.717) is 18.6 Å². The van der Waals surface area contributed by atoms with Gasteiger partial charge >= 0.3 is 0 Å². The summed E-state index contributed by atoms with van der Waals surface area (Å²) in [5, 5.41) is 32.2. The fraction of sp³-hybridized carbons (Fsp3) is 0.750. The topological polar surface area (TPSA) is 104 Å². The molecule has 7 atom stereocenters. The molecule has 0 bridgehead atoms. The van der Waals surface area contributed by atoms with E-state index in [1.165, 1.54) is 0 Å². The first-order chi connectivity index (χ1) is 14.0. The van der Waals surface area contributed by atoms with Gasteiger partial charge in [0.1, 0.15) is 18.0 Å². The van der Waals surface area contributed by atoms with Crippen molar-refractivity contribution in [3.63, 3.8) is 0 Å². The van der Waals surface area contributed by atoms with Crippen LogP contribution in [0.5, 0.6) is 0 Å². The van der Waals surface area contributed by atoms with Crippen molar-refractivity contribution in [3.8, 4) is 0 Å². The minimum Gasteiger partial charge on any atom is -0.494 e. The van der Waals surface area contributed by atoms with Gasteiger partial charge in [0.2, 0.25) is 0 Å². The van der Waals surface area contributed by atoms with E-state index in [9.17, 15) is 24.9 Å². The molecule has 3 N–H and O–H groups in total. The Morgan fingerprint density at radius 2 is 1.97 bits per heavy atom. The molecule has 3 saturated carbocycles. The third-order valence-electron chi connectivity index (χ3n) is 8.76. The first-order valence-corrected chi connectivity index (χ1v) is 11.2. The van der Waals surface area contributed by atoms with Crippen LogP contribution in [-0.4, -0.2) is 51.3 Å². The quantitative estimate of drug-likeness (QED) is 0.647. The lowest BCUT2D eigenvalue weighted by atomic mass is 9.45. The number of allylic oxidation sites excluding steroid dienone is 3. The number of ether oxygens (including phenoxy) is 1. The van der Waals surface area contributed by atoms with E-state index < -0.39 is 34.9 Å². The van der Waals surface area contributed by atoms with Crippen LogP contribution in [0.15, 0.2) is 23.5 Å². The lowest BCUT2D eigenvalue weighted by molar-refractivity contribution is -0.181. The molecule has 0 saturated heterocycles. The molecule has 0 aromatic carbocycles. The first-order valence-electron chi connectivity index (χ1n) is 11.2. The molecule has 0 radical (unpaired) electrons. The van der Waals surface area contributed by atoms with Gasteiger partial charge in [-0.15, -0.1) is 0 Å². The molecule has 166 valence electrons. The Hall–Kier alpha value is -1.50. The van der Waals surface area contributed by atoms with Gasteiger partial charge in [0.25, 0.3) is 0 Å². The lowest BCUT2D eigenvalue weighted by Crippen LogP contribution is -2.62. The third kappa shape index (κ3) is 2.73. The summed E-state index contributed by atoms with van der Waals surface area (Å²) < 4.78 is 6.12. The van der Waals surface area contributed by atoms with E-state index in [4.69, 9.17) is 4.74 Å². The SMILES string of the molecule is CC(C)OC1=CC(=O)C=C2CC[C@@H]3[C@H]([C@@H](O)C[C@@]4(C)[C@H]3CC[C@]4(O)C(=O)CO)[C@]21C. The van der Waals surface area contributed by atoms with Crippen molar-refractivity contribution in [2.45, 2.75) is 77.6 Å². The monoisotopic (exact) mass is 418 g/mol. The minimum absolute atomic E-state index is 0.0581. The summed E-state index contributed by atoms with van der Waals surface area (Å²) in [4.78, 5) is 24.8. The fourth-order valence-corrected chi connectivity index (χ4v) is 7.40. The van der Waals surface area contributed by atoms with Gasteiger partial charge in [0.15, 0.2) is 11.6 Å². The maximum atomic E-state index is 12.5. The van der Waals surface area contributed by atoms with Crippen LogP contribution < -0.4 is 0 Å². The highest BCUT2D eigenvalue weighted by Gasteiger charge is 2.68. The number of carbonyl (C=O) groups is 2. The van der Waals surface area contributed by atoms with E-state index in [2.05, 4.69) is 6.92 Å². The highest BCUT2D eigenvalue weighted by atomic mass is 16.5. The Kier molecular flexibility index (Phi) is 5.07. The van der Waals surface area contributed by atoms with Crippen LogP contribution in [0.25, 0.3) is 0 Å². The number of aliphatic hydroxyl groups excluding tert-OH is 2. The molecule has 0 amide bonds. The molecule has 0 aliphatic heterocycles. The van der Waals surface area contributed by atoms with Crippen molar-refractivity contribution in [1.82, 2.24) is 0 Å². The van der Waals surface area contributed by atoms with Crippen LogP contribution in [0.3, 0.4) is 0 Å². The second kappa shape index (κ2) is 7.01. The molecule has 3 fully saturated rings. The van der Waals surface area contributed by atoms with Crippen LogP contribution >= 0.6 is 0 Å². The number of hydrogen-bond donors (Lipinski definition) is 3. The highest BCUT2D eigenvalue weighted by Crippen LogP contribution is 2.68. The van der Waals surface area contributed by atoms with Gasteiger partial charge in [-0.1, -0.05) is 12.5 Å². The maximum absolute atomic E-state index is 12.5. The van der Waals surface area contributed by atoms with Crippen molar-refractivity contribution >= 4 is 11.6 Å². The number of hydrogen-bond acceptors (Lipinski definition) is 6. The van der Waals surface area contributed by atoms with Crippen LogP contribution in [0.2, 0.25) is 0 Å². The smallest absolute Gasteiger partial charge is 0.190 e. The zero-order chi connectivity index (χ0) is 22.1. The van der Waals surface area contributed by atoms with Gasteiger partial charge in [0, 0.05) is 17.4 Å². The van der Waals surface area contributed by atoms with Crippen LogP contribution in [0.4, 0.5) is 0 Å². The fourth-order valence-electron chi connectivity index (χ4n) is 7.40. The van der Waals surface area contributed by atoms with Crippen molar-refractivity contribution in [2.75, 3.05) is 6.61 Å². The van der Waals surface area contributed by atoms with Crippen LogP contribution in [0, 0.1) is 28.6 Å². The molecular weight excluding hydrogens is 384 g/mol. The van der Waals surface area contributed by atoms with Crippen molar-refractivity contribution in [2.24, 2.45) is 28.6 Å². The molecule has 4 aliphatic carbocycles. The standard InChI is InChI=1S/C24H34O6/c1-13(2)30-20-10-15(26)9-14-5-6-16-17-7-8-24(29,19(28)12-25)22(17,3)11-18(27)21(16)23(14,20)4/h9-10,13,16-18,21,25,27,29H,5-8,11-12H2,1-4H3/t16-,17-,18-,21+,22-,23+,24-/m0/s1. The van der Waals surface area contributed by atoms with Crippen molar-refractivity contribution in [1.29, 1.82) is 0 Å². The average molecular weight is 419 g/mol. The van der Waals surface area contributed by atoms with Gasteiger partial charge in [-0.25, -0.2) is 0 Å². The molecule has 0 unspecified atom stereocenters. The molecule has 0 heterocycles. The molecule has 0 aromatic heterocycles. The Morgan fingerprint density at radius 3 is 2.60 bits per heavy atom. The normalized spacial score (nSPS) is 45.3. The largest absolute Gasteiger partial charge is 0.494 e. The van der Waals surface area contributed by atoms with Gasteiger partial charge in [-0.3, -0.25) is 9.59 Å². The third-order valence-corrected chi connectivity index (χ3v) is 8.76. The zero-order valence-electron chi connectivity index (χ0n) is 18.4. The summed E-state index contributed by atoms with van der Waals surface area (Å²) in [5.41, 5.74) is -1.96. The Labute approximate surface area is 178 Å². The van der Waals surface area contributed by atoms with Gasteiger partial charge in [0.05, 0.1) is 17.6 Å². The van der Waals surface area contributed by atoms with Crippen molar-refractivity contribution in [3.05, 3.63) is 23.5 Å². The van der Waals surface area contributed by atoms with Gasteiger partial charge < -0.3 is 20.1 Å². The maximum Gasteiger partial charge on any atom is 0.190 e. The van der Waals surface area contributed by atoms with Crippen molar-refractivity contribution < 1.29 is 29.6 Å². The second-order valence-corrected chi connectivity index (χ2v) is 10.5. The Morgan fingerprint density at radius 1 is 1.27 bits per heavy atom. The molecule has 4 aliphatic rings. The molecule has 30 heavy (non-hydrogen) atoms. The number of aliphatic hydroxyl groups is 3. The number of carbonyl (C=O) groups excluding carboxylic acids is 2. The number of ketones is 2. The molecule has 0 aromatic rings.